The van der Waals surface area contributed by atoms with E-state index in [9.17, 15) is 9.18 Å². The number of nitrogens with one attached hydrogen (secondary N) is 1. The first-order chi connectivity index (χ1) is 11.9. The second-order valence-electron chi connectivity index (χ2n) is 6.19. The summed E-state index contributed by atoms with van der Waals surface area (Å²) >= 11 is 0. The quantitative estimate of drug-likeness (QED) is 0.781. The maximum absolute atomic E-state index is 13.7. The van der Waals surface area contributed by atoms with Crippen LogP contribution in [-0.2, 0) is 18.3 Å². The summed E-state index contributed by atoms with van der Waals surface area (Å²) in [5, 5.41) is 7.14. The van der Waals surface area contributed by atoms with Gasteiger partial charge in [-0.25, -0.2) is 4.39 Å². The summed E-state index contributed by atoms with van der Waals surface area (Å²) < 4.78 is 15.4. The predicted octanol–water partition coefficient (Wildman–Crippen LogP) is 4.02. The number of carbonyl (C=O) groups excluding carboxylic acids is 1. The molecular weight excluding hydrogens is 317 g/mol. The Morgan fingerprint density at radius 1 is 1.16 bits per heavy atom. The number of aromatic nitrogens is 2. The van der Waals surface area contributed by atoms with Gasteiger partial charge in [0.15, 0.2) is 0 Å². The zero-order valence-electron chi connectivity index (χ0n) is 14.5. The molecule has 0 unspecified atom stereocenters. The molecule has 0 aliphatic rings. The number of halogens is 1. The fourth-order valence-corrected chi connectivity index (χ4v) is 2.79. The molecule has 0 spiro atoms. The molecule has 1 N–H and O–H groups in total. The van der Waals surface area contributed by atoms with Gasteiger partial charge in [0.25, 0.3) is 0 Å². The molecule has 0 bridgehead atoms. The van der Waals surface area contributed by atoms with Crippen LogP contribution in [-0.4, -0.2) is 15.7 Å². The smallest absolute Gasteiger partial charge is 0.228 e. The lowest BCUT2D eigenvalue weighted by molar-refractivity contribution is -0.115. The molecule has 0 aliphatic heterocycles. The van der Waals surface area contributed by atoms with Gasteiger partial charge in [0.1, 0.15) is 5.82 Å². The van der Waals surface area contributed by atoms with Crippen LogP contribution < -0.4 is 5.32 Å². The van der Waals surface area contributed by atoms with Gasteiger partial charge < -0.3 is 5.32 Å². The second-order valence-corrected chi connectivity index (χ2v) is 6.19. The Morgan fingerprint density at radius 2 is 1.88 bits per heavy atom. The topological polar surface area (TPSA) is 46.9 Å². The van der Waals surface area contributed by atoms with Gasteiger partial charge in [-0.3, -0.25) is 9.48 Å². The van der Waals surface area contributed by atoms with Gasteiger partial charge in [-0.1, -0.05) is 29.8 Å². The molecule has 0 radical (unpaired) electrons. The van der Waals surface area contributed by atoms with Crippen molar-refractivity contribution in [3.63, 3.8) is 0 Å². The molecule has 5 heteroatoms. The Bertz CT molecular complexity index is 913. The lowest BCUT2D eigenvalue weighted by Crippen LogP contribution is -2.15. The third-order valence-electron chi connectivity index (χ3n) is 4.08. The van der Waals surface area contributed by atoms with Gasteiger partial charge in [-0.15, -0.1) is 0 Å². The molecule has 1 heterocycles. The number of nitrogens with zero attached hydrogens (tertiary/aromatic N) is 2. The van der Waals surface area contributed by atoms with Crippen molar-refractivity contribution in [3.8, 4) is 11.1 Å². The van der Waals surface area contributed by atoms with Gasteiger partial charge in [0, 0.05) is 30.1 Å². The SMILES string of the molecule is Cc1ccc(-c2cc(F)ccc2NC(=O)Cc2cn(C)nc2C)cc1. The molecule has 0 atom stereocenters. The van der Waals surface area contributed by atoms with Crippen LogP contribution in [0.15, 0.2) is 48.7 Å². The Hall–Kier alpha value is -2.95. The summed E-state index contributed by atoms with van der Waals surface area (Å²) in [4.78, 5) is 12.4. The first-order valence-electron chi connectivity index (χ1n) is 8.08. The summed E-state index contributed by atoms with van der Waals surface area (Å²) in [6.07, 6.45) is 2.06. The van der Waals surface area contributed by atoms with E-state index in [-0.39, 0.29) is 18.1 Å². The molecule has 2 aromatic carbocycles. The standard InChI is InChI=1S/C20H20FN3O/c1-13-4-6-15(7-5-13)18-11-17(21)8-9-19(18)22-20(25)10-16-12-24(3)23-14(16)2/h4-9,11-12H,10H2,1-3H3,(H,22,25). The molecule has 128 valence electrons. The van der Waals surface area contributed by atoms with Gasteiger partial charge in [0.2, 0.25) is 5.91 Å². The van der Waals surface area contributed by atoms with Crippen molar-refractivity contribution in [1.29, 1.82) is 0 Å². The molecule has 3 rings (SSSR count). The highest BCUT2D eigenvalue weighted by atomic mass is 19.1. The zero-order chi connectivity index (χ0) is 18.0. The van der Waals surface area contributed by atoms with E-state index in [0.717, 1.165) is 22.4 Å². The van der Waals surface area contributed by atoms with Crippen molar-refractivity contribution in [2.45, 2.75) is 20.3 Å². The van der Waals surface area contributed by atoms with Crippen LogP contribution in [0.4, 0.5) is 10.1 Å². The Labute approximate surface area is 146 Å². The van der Waals surface area contributed by atoms with Crippen molar-refractivity contribution >= 4 is 11.6 Å². The van der Waals surface area contributed by atoms with Crippen LogP contribution in [0.1, 0.15) is 16.8 Å². The van der Waals surface area contributed by atoms with E-state index in [1.807, 2.05) is 51.4 Å². The van der Waals surface area contributed by atoms with E-state index < -0.39 is 0 Å². The van der Waals surface area contributed by atoms with Crippen LogP contribution in [0.5, 0.6) is 0 Å². The number of aryl methyl sites for hydroxylation is 3. The lowest BCUT2D eigenvalue weighted by atomic mass is 10.0. The summed E-state index contributed by atoms with van der Waals surface area (Å²) in [5.74, 6) is -0.493. The van der Waals surface area contributed by atoms with Crippen molar-refractivity contribution in [2.75, 3.05) is 5.32 Å². The monoisotopic (exact) mass is 337 g/mol. The summed E-state index contributed by atoms with van der Waals surface area (Å²) in [7, 11) is 1.82. The molecule has 0 fully saturated rings. The number of anilines is 1. The number of benzene rings is 2. The minimum absolute atomic E-state index is 0.156. The van der Waals surface area contributed by atoms with Gasteiger partial charge >= 0.3 is 0 Å². The average Bonchev–Trinajstić information content (AvgIpc) is 2.87. The lowest BCUT2D eigenvalue weighted by Gasteiger charge is -2.12. The molecule has 1 amide bonds. The molecule has 4 nitrogen and oxygen atoms in total. The maximum atomic E-state index is 13.7. The summed E-state index contributed by atoms with van der Waals surface area (Å²) in [6, 6.07) is 12.2. The Balaban J connectivity index is 1.86. The second kappa shape index (κ2) is 6.89. The summed E-state index contributed by atoms with van der Waals surface area (Å²) in [6.45, 7) is 3.87. The van der Waals surface area contributed by atoms with E-state index >= 15 is 0 Å². The van der Waals surface area contributed by atoms with E-state index in [1.54, 1.807) is 10.7 Å². The largest absolute Gasteiger partial charge is 0.325 e. The van der Waals surface area contributed by atoms with Crippen LogP contribution in [0.2, 0.25) is 0 Å². The van der Waals surface area contributed by atoms with Crippen molar-refractivity contribution in [3.05, 3.63) is 71.3 Å². The maximum Gasteiger partial charge on any atom is 0.228 e. The first-order valence-corrected chi connectivity index (χ1v) is 8.08. The normalized spacial score (nSPS) is 10.7. The van der Waals surface area contributed by atoms with E-state index in [2.05, 4.69) is 10.4 Å². The molecule has 1 aromatic heterocycles. The average molecular weight is 337 g/mol. The molecule has 3 aromatic rings. The highest BCUT2D eigenvalue weighted by Crippen LogP contribution is 2.29. The minimum atomic E-state index is -0.336. The van der Waals surface area contributed by atoms with Crippen LogP contribution in [0.25, 0.3) is 11.1 Å². The fourth-order valence-electron chi connectivity index (χ4n) is 2.79. The number of carbonyl (C=O) groups is 1. The molecule has 0 aliphatic carbocycles. The number of rotatable bonds is 4. The zero-order valence-corrected chi connectivity index (χ0v) is 14.5. The van der Waals surface area contributed by atoms with Crippen LogP contribution >= 0.6 is 0 Å². The molecular formula is C20H20FN3O. The Kier molecular flexibility index (Phi) is 4.65. The fraction of sp³-hybridized carbons (Fsp3) is 0.200. The third kappa shape index (κ3) is 3.94. The van der Waals surface area contributed by atoms with Gasteiger partial charge in [-0.2, -0.15) is 5.10 Å². The van der Waals surface area contributed by atoms with E-state index in [1.165, 1.54) is 12.1 Å². The van der Waals surface area contributed by atoms with Crippen molar-refractivity contribution < 1.29 is 9.18 Å². The van der Waals surface area contributed by atoms with Gasteiger partial charge in [0.05, 0.1) is 12.1 Å². The number of hydrogen-bond donors (Lipinski definition) is 1. The van der Waals surface area contributed by atoms with Crippen LogP contribution in [0, 0.1) is 19.7 Å². The van der Waals surface area contributed by atoms with Crippen LogP contribution in [0.3, 0.4) is 0 Å². The minimum Gasteiger partial charge on any atom is -0.325 e. The highest BCUT2D eigenvalue weighted by Gasteiger charge is 2.13. The van der Waals surface area contributed by atoms with Gasteiger partial charge in [-0.05, 0) is 37.6 Å². The Morgan fingerprint density at radius 3 is 2.52 bits per heavy atom. The molecule has 25 heavy (non-hydrogen) atoms. The van der Waals surface area contributed by atoms with Crippen molar-refractivity contribution in [2.24, 2.45) is 7.05 Å². The number of hydrogen-bond acceptors (Lipinski definition) is 2. The third-order valence-corrected chi connectivity index (χ3v) is 4.08. The molecule has 0 saturated carbocycles. The predicted molar refractivity (Wildman–Crippen MR) is 96.9 cm³/mol. The molecule has 0 saturated heterocycles. The first kappa shape index (κ1) is 16.9. The highest BCUT2D eigenvalue weighted by molar-refractivity contribution is 5.96. The summed E-state index contributed by atoms with van der Waals surface area (Å²) in [5.41, 5.74) is 4.94. The number of amides is 1. The van der Waals surface area contributed by atoms with Crippen molar-refractivity contribution in [1.82, 2.24) is 9.78 Å². The van der Waals surface area contributed by atoms with E-state index in [0.29, 0.717) is 11.3 Å². The van der Waals surface area contributed by atoms with E-state index in [4.69, 9.17) is 0 Å².